The third kappa shape index (κ3) is 13.7. The number of rotatable bonds is 9. The van der Waals surface area contributed by atoms with E-state index in [-0.39, 0.29) is 11.6 Å². The summed E-state index contributed by atoms with van der Waals surface area (Å²) < 4.78 is 5.28. The van der Waals surface area contributed by atoms with Gasteiger partial charge < -0.3 is 15.4 Å². The summed E-state index contributed by atoms with van der Waals surface area (Å²) in [6.45, 7) is 13.6. The Bertz CT molecular complexity index is 333. The third-order valence-corrected chi connectivity index (χ3v) is 2.75. The molecule has 0 aliphatic heterocycles. The van der Waals surface area contributed by atoms with Gasteiger partial charge in [-0.05, 0) is 54.4 Å². The van der Waals surface area contributed by atoms with E-state index >= 15 is 0 Å². The number of nitrogens with one attached hydrogen (secondary N) is 2. The van der Waals surface area contributed by atoms with Crippen molar-refractivity contribution in [3.05, 3.63) is 0 Å². The average molecular weight is 313 g/mol. The molecule has 2 N–H and O–H groups in total. The molecule has 5 nitrogen and oxygen atoms in total. The number of ether oxygens (including phenoxy) is 1. The van der Waals surface area contributed by atoms with E-state index in [1.54, 1.807) is 0 Å². The van der Waals surface area contributed by atoms with Crippen LogP contribution in [0.2, 0.25) is 0 Å². The summed E-state index contributed by atoms with van der Waals surface area (Å²) in [6, 6.07) is 0.381. The minimum Gasteiger partial charge on any atom is -0.460 e. The summed E-state index contributed by atoms with van der Waals surface area (Å²) in [4.78, 5) is 16.1. The van der Waals surface area contributed by atoms with Crippen LogP contribution in [0.15, 0.2) is 4.99 Å². The Morgan fingerprint density at radius 3 is 2.32 bits per heavy atom. The zero-order chi connectivity index (χ0) is 17.0. The number of carbonyl (C=O) groups excluding carboxylic acids is 1. The molecule has 0 radical (unpaired) electrons. The maximum atomic E-state index is 11.6. The molecule has 130 valence electrons. The number of hydrogen-bond donors (Lipinski definition) is 2. The standard InChI is InChI=1S/C17H35N3O2/c1-7-18-16(20-14(2)3)19-13-11-9-8-10-12-15(21)22-17(4,5)6/h14H,7-13H2,1-6H3,(H2,18,19,20). The zero-order valence-electron chi connectivity index (χ0n) is 15.3. The SMILES string of the molecule is CCNC(=NCCCCCCC(=O)OC(C)(C)C)NC(C)C. The monoisotopic (exact) mass is 313 g/mol. The zero-order valence-corrected chi connectivity index (χ0v) is 15.3. The summed E-state index contributed by atoms with van der Waals surface area (Å²) in [5.74, 6) is 0.785. The molecule has 5 heteroatoms. The average Bonchev–Trinajstić information content (AvgIpc) is 2.34. The van der Waals surface area contributed by atoms with Gasteiger partial charge in [0.25, 0.3) is 0 Å². The highest BCUT2D eigenvalue weighted by Crippen LogP contribution is 2.11. The minimum absolute atomic E-state index is 0.0962. The van der Waals surface area contributed by atoms with E-state index in [1.807, 2.05) is 20.8 Å². The van der Waals surface area contributed by atoms with Gasteiger partial charge in [-0.15, -0.1) is 0 Å². The van der Waals surface area contributed by atoms with E-state index in [0.29, 0.717) is 12.5 Å². The Morgan fingerprint density at radius 1 is 1.14 bits per heavy atom. The van der Waals surface area contributed by atoms with E-state index in [1.165, 1.54) is 0 Å². The van der Waals surface area contributed by atoms with Crippen molar-refractivity contribution in [2.24, 2.45) is 4.99 Å². The molecule has 0 bridgehead atoms. The van der Waals surface area contributed by atoms with E-state index in [2.05, 4.69) is 36.4 Å². The van der Waals surface area contributed by atoms with Gasteiger partial charge in [-0.3, -0.25) is 9.79 Å². The first-order valence-electron chi connectivity index (χ1n) is 8.51. The summed E-state index contributed by atoms with van der Waals surface area (Å²) in [5.41, 5.74) is -0.377. The molecule has 0 saturated heterocycles. The molecule has 0 aromatic rings. The second kappa shape index (κ2) is 11.3. The van der Waals surface area contributed by atoms with Crippen LogP contribution in [0.5, 0.6) is 0 Å². The van der Waals surface area contributed by atoms with Crippen molar-refractivity contribution >= 4 is 11.9 Å². The Kier molecular flexibility index (Phi) is 10.7. The Labute approximate surface area is 136 Å². The van der Waals surface area contributed by atoms with E-state index in [9.17, 15) is 4.79 Å². The summed E-state index contributed by atoms with van der Waals surface area (Å²) >= 11 is 0. The van der Waals surface area contributed by atoms with Crippen LogP contribution in [0.1, 0.15) is 73.6 Å². The maximum Gasteiger partial charge on any atom is 0.306 e. The van der Waals surface area contributed by atoms with Gasteiger partial charge in [0.1, 0.15) is 5.60 Å². The molecule has 0 saturated carbocycles. The van der Waals surface area contributed by atoms with Gasteiger partial charge in [-0.2, -0.15) is 0 Å². The van der Waals surface area contributed by atoms with Crippen molar-refractivity contribution in [2.45, 2.75) is 85.3 Å². The number of aliphatic imine (C=N–C) groups is 1. The third-order valence-electron chi connectivity index (χ3n) is 2.75. The van der Waals surface area contributed by atoms with Crippen molar-refractivity contribution in [1.82, 2.24) is 10.6 Å². The second-order valence-corrected chi connectivity index (χ2v) is 6.81. The number of guanidine groups is 1. The number of nitrogens with zero attached hydrogens (tertiary/aromatic N) is 1. The molecular formula is C17H35N3O2. The highest BCUT2D eigenvalue weighted by Gasteiger charge is 2.15. The predicted molar refractivity (Wildman–Crippen MR) is 93.2 cm³/mol. The number of carbonyl (C=O) groups is 1. The van der Waals surface area contributed by atoms with Crippen molar-refractivity contribution in [1.29, 1.82) is 0 Å². The van der Waals surface area contributed by atoms with E-state index < -0.39 is 0 Å². The lowest BCUT2D eigenvalue weighted by atomic mass is 10.1. The molecule has 0 aliphatic rings. The fourth-order valence-corrected chi connectivity index (χ4v) is 1.91. The molecule has 0 heterocycles. The Morgan fingerprint density at radius 2 is 1.77 bits per heavy atom. The molecule has 0 aromatic carbocycles. The van der Waals surface area contributed by atoms with Crippen LogP contribution in [0, 0.1) is 0 Å². The Hall–Kier alpha value is -1.26. The quantitative estimate of drug-likeness (QED) is 0.297. The van der Waals surface area contributed by atoms with Crippen molar-refractivity contribution < 1.29 is 9.53 Å². The lowest BCUT2D eigenvalue weighted by molar-refractivity contribution is -0.154. The van der Waals surface area contributed by atoms with Gasteiger partial charge in [-0.25, -0.2) is 0 Å². The summed E-state index contributed by atoms with van der Waals surface area (Å²) in [6.07, 6.45) is 4.58. The molecule has 0 aromatic heterocycles. The molecule has 0 fully saturated rings. The smallest absolute Gasteiger partial charge is 0.306 e. The van der Waals surface area contributed by atoms with Crippen molar-refractivity contribution in [3.63, 3.8) is 0 Å². The number of hydrogen-bond acceptors (Lipinski definition) is 3. The lowest BCUT2D eigenvalue weighted by Crippen LogP contribution is -2.41. The van der Waals surface area contributed by atoms with Gasteiger partial charge in [0.05, 0.1) is 0 Å². The van der Waals surface area contributed by atoms with Crippen molar-refractivity contribution in [3.8, 4) is 0 Å². The van der Waals surface area contributed by atoms with Crippen LogP contribution in [0.3, 0.4) is 0 Å². The van der Waals surface area contributed by atoms with Crippen LogP contribution in [0.25, 0.3) is 0 Å². The van der Waals surface area contributed by atoms with Crippen LogP contribution < -0.4 is 10.6 Å². The predicted octanol–water partition coefficient (Wildman–Crippen LogP) is 3.24. The normalized spacial score (nSPS) is 12.4. The number of esters is 1. The molecular weight excluding hydrogens is 278 g/mol. The Balaban J connectivity index is 3.73. The van der Waals surface area contributed by atoms with Gasteiger partial charge in [0.15, 0.2) is 5.96 Å². The molecule has 0 spiro atoms. The van der Waals surface area contributed by atoms with Crippen molar-refractivity contribution in [2.75, 3.05) is 13.1 Å². The van der Waals surface area contributed by atoms with Gasteiger partial charge in [0.2, 0.25) is 0 Å². The first-order chi connectivity index (χ1) is 10.2. The molecule has 0 atom stereocenters. The molecule has 0 amide bonds. The minimum atomic E-state index is -0.377. The molecule has 22 heavy (non-hydrogen) atoms. The molecule has 0 unspecified atom stereocenters. The topological polar surface area (TPSA) is 62.7 Å². The maximum absolute atomic E-state index is 11.6. The second-order valence-electron chi connectivity index (χ2n) is 6.81. The van der Waals surface area contributed by atoms with Gasteiger partial charge >= 0.3 is 5.97 Å². The fraction of sp³-hybridized carbons (Fsp3) is 0.882. The van der Waals surface area contributed by atoms with Gasteiger partial charge in [0, 0.05) is 25.6 Å². The van der Waals surface area contributed by atoms with Crippen LogP contribution in [-0.4, -0.2) is 36.7 Å². The van der Waals surface area contributed by atoms with Crippen LogP contribution in [0.4, 0.5) is 0 Å². The lowest BCUT2D eigenvalue weighted by Gasteiger charge is -2.19. The highest BCUT2D eigenvalue weighted by atomic mass is 16.6. The number of unbranched alkanes of at least 4 members (excludes halogenated alkanes) is 3. The fourth-order valence-electron chi connectivity index (χ4n) is 1.91. The molecule has 0 rings (SSSR count). The summed E-state index contributed by atoms with van der Waals surface area (Å²) in [5, 5.41) is 6.53. The van der Waals surface area contributed by atoms with Crippen LogP contribution >= 0.6 is 0 Å². The van der Waals surface area contributed by atoms with E-state index in [0.717, 1.165) is 44.7 Å². The van der Waals surface area contributed by atoms with Gasteiger partial charge in [-0.1, -0.05) is 12.8 Å². The van der Waals surface area contributed by atoms with E-state index in [4.69, 9.17) is 4.74 Å². The molecule has 0 aliphatic carbocycles. The van der Waals surface area contributed by atoms with Crippen LogP contribution in [-0.2, 0) is 9.53 Å². The summed E-state index contributed by atoms with van der Waals surface area (Å²) in [7, 11) is 0. The highest BCUT2D eigenvalue weighted by molar-refractivity contribution is 5.79. The first-order valence-corrected chi connectivity index (χ1v) is 8.51. The largest absolute Gasteiger partial charge is 0.460 e. The first kappa shape index (κ1) is 20.7.